The summed E-state index contributed by atoms with van der Waals surface area (Å²) < 4.78 is 0. The SMILES string of the molecule is [K+].[K+].[K+].[O-][PH]([O-])([O-])c1ccccc1. The first-order valence-electron chi connectivity index (χ1n) is 2.77. The fraction of sp³-hybridized carbons (Fsp3) is 0. The molecule has 13 heavy (non-hydrogen) atoms. The maximum atomic E-state index is 10.3. The van der Waals surface area contributed by atoms with Gasteiger partial charge in [-0.1, -0.05) is 0 Å². The molecule has 0 heterocycles. The second-order valence-corrected chi connectivity index (χ2v) is 3.61. The molecule has 3 nitrogen and oxygen atoms in total. The van der Waals surface area contributed by atoms with E-state index in [1.165, 1.54) is 24.3 Å². The summed E-state index contributed by atoms with van der Waals surface area (Å²) >= 11 is 0. The monoisotopic (exact) mass is 274 g/mol. The predicted octanol–water partition coefficient (Wildman–Crippen LogP) is -11.1. The molecule has 0 saturated heterocycles. The molecule has 0 aliphatic carbocycles. The zero-order valence-electron chi connectivity index (χ0n) is 8.11. The molecule has 0 fully saturated rings. The van der Waals surface area contributed by atoms with E-state index in [4.69, 9.17) is 0 Å². The summed E-state index contributed by atoms with van der Waals surface area (Å²) in [5.74, 6) is 0. The number of rotatable bonds is 1. The van der Waals surface area contributed by atoms with E-state index in [1.54, 1.807) is 6.07 Å². The van der Waals surface area contributed by atoms with Gasteiger partial charge in [0.25, 0.3) is 0 Å². The molecule has 0 atom stereocenters. The molecule has 0 bridgehead atoms. The molecule has 0 amide bonds. The molecule has 1 aromatic carbocycles. The summed E-state index contributed by atoms with van der Waals surface area (Å²) in [5.41, 5.74) is 0. The van der Waals surface area contributed by atoms with Crippen molar-refractivity contribution < 1.29 is 169 Å². The van der Waals surface area contributed by atoms with Crippen molar-refractivity contribution in [3.8, 4) is 0 Å². The Bertz CT molecular complexity index is 214. The third-order valence-corrected chi connectivity index (χ3v) is 2.17. The van der Waals surface area contributed by atoms with E-state index >= 15 is 0 Å². The van der Waals surface area contributed by atoms with Gasteiger partial charge >= 0.3 is 212 Å². The Morgan fingerprint density at radius 1 is 0.769 bits per heavy atom. The van der Waals surface area contributed by atoms with Gasteiger partial charge in [-0.15, -0.1) is 0 Å². The van der Waals surface area contributed by atoms with Gasteiger partial charge in [0.15, 0.2) is 0 Å². The van der Waals surface area contributed by atoms with E-state index in [1.807, 2.05) is 0 Å². The third kappa shape index (κ3) is 10.1. The molecular weight excluding hydrogens is 268 g/mol. The van der Waals surface area contributed by atoms with Crippen LogP contribution in [0.1, 0.15) is 0 Å². The van der Waals surface area contributed by atoms with E-state index in [0.717, 1.165) is 0 Å². The molecule has 0 spiro atoms. The van der Waals surface area contributed by atoms with Crippen molar-refractivity contribution in [2.24, 2.45) is 0 Å². The molecule has 0 radical (unpaired) electrons. The Morgan fingerprint density at radius 3 is 1.38 bits per heavy atom. The van der Waals surface area contributed by atoms with Crippen molar-refractivity contribution in [2.45, 2.75) is 0 Å². The molecule has 0 aliphatic rings. The molecule has 0 unspecified atom stereocenters. The first-order chi connectivity index (χ1) is 4.61. The van der Waals surface area contributed by atoms with Crippen LogP contribution in [0, 0.1) is 0 Å². The molecule has 0 saturated carbocycles. The average molecular weight is 274 g/mol. The molecule has 56 valence electrons. The van der Waals surface area contributed by atoms with Crippen molar-refractivity contribution in [1.82, 2.24) is 0 Å². The topological polar surface area (TPSA) is 69.2 Å². The van der Waals surface area contributed by atoms with Gasteiger partial charge in [0.05, 0.1) is 0 Å². The van der Waals surface area contributed by atoms with Crippen molar-refractivity contribution in [1.29, 1.82) is 0 Å². The number of benzene rings is 1. The standard InChI is InChI=1S/C6H6O3P.3K/c7-10(8,9)6-4-2-1-3-5-6;;;/h1-5,10H;;;/q-3;3*+1. The zero-order valence-corrected chi connectivity index (χ0v) is 18.5. The van der Waals surface area contributed by atoms with E-state index in [0.29, 0.717) is 0 Å². The minimum atomic E-state index is -4.78. The van der Waals surface area contributed by atoms with Crippen LogP contribution in [-0.2, 0) is 0 Å². The van der Waals surface area contributed by atoms with Gasteiger partial charge in [-0.3, -0.25) is 0 Å². The van der Waals surface area contributed by atoms with Crippen LogP contribution in [0.25, 0.3) is 0 Å². The van der Waals surface area contributed by atoms with Crippen LogP contribution >= 0.6 is 7.94 Å². The summed E-state index contributed by atoms with van der Waals surface area (Å²) in [4.78, 5) is 31.0. The van der Waals surface area contributed by atoms with Gasteiger partial charge in [0.1, 0.15) is 0 Å². The molecule has 0 N–H and O–H groups in total. The Balaban J connectivity index is -0.000000333. The Hall–Kier alpha value is 4.44. The molecule has 1 rings (SSSR count). The van der Waals surface area contributed by atoms with Crippen molar-refractivity contribution >= 4 is 13.2 Å². The summed E-state index contributed by atoms with van der Waals surface area (Å²) in [6.07, 6.45) is 0. The predicted molar refractivity (Wildman–Crippen MR) is 34.4 cm³/mol. The number of hydrogen-bond donors (Lipinski definition) is 0. The van der Waals surface area contributed by atoms with Gasteiger partial charge in [-0.05, 0) is 0 Å². The van der Waals surface area contributed by atoms with Crippen LogP contribution in [0.5, 0.6) is 0 Å². The van der Waals surface area contributed by atoms with Gasteiger partial charge in [-0.25, -0.2) is 0 Å². The molecule has 0 aromatic heterocycles. The van der Waals surface area contributed by atoms with Crippen LogP contribution in [0.15, 0.2) is 30.3 Å². The first-order valence-corrected chi connectivity index (χ1v) is 4.50. The quantitative estimate of drug-likeness (QED) is 0.377. The molecular formula is C6H6K3O3P. The van der Waals surface area contributed by atoms with Crippen molar-refractivity contribution in [3.05, 3.63) is 30.3 Å². The van der Waals surface area contributed by atoms with Crippen LogP contribution in [0.2, 0.25) is 0 Å². The van der Waals surface area contributed by atoms with Crippen LogP contribution in [-0.4, -0.2) is 0 Å². The second kappa shape index (κ2) is 11.5. The molecule has 7 heteroatoms. The first kappa shape index (κ1) is 22.6. The number of hydrogen-bond acceptors (Lipinski definition) is 3. The van der Waals surface area contributed by atoms with Crippen LogP contribution in [0.4, 0.5) is 0 Å². The normalized spacial score (nSPS) is 10.1. The van der Waals surface area contributed by atoms with Crippen molar-refractivity contribution in [3.63, 3.8) is 0 Å². The van der Waals surface area contributed by atoms with Gasteiger partial charge in [0.2, 0.25) is 0 Å². The van der Waals surface area contributed by atoms with E-state index in [-0.39, 0.29) is 159 Å². The summed E-state index contributed by atoms with van der Waals surface area (Å²) in [7, 11) is -4.78. The zero-order chi connectivity index (χ0) is 7.61. The summed E-state index contributed by atoms with van der Waals surface area (Å²) in [6.45, 7) is 0. The Kier molecular flexibility index (Phi) is 20.0. The second-order valence-electron chi connectivity index (χ2n) is 1.92. The minimum absolute atomic E-state index is 0. The molecule has 0 aliphatic heterocycles. The molecule has 1 aromatic rings. The van der Waals surface area contributed by atoms with Gasteiger partial charge < -0.3 is 0 Å². The van der Waals surface area contributed by atoms with Crippen molar-refractivity contribution in [2.75, 3.05) is 0 Å². The Morgan fingerprint density at radius 2 is 1.15 bits per heavy atom. The maximum absolute atomic E-state index is 10.3. The Labute approximate surface area is 206 Å². The third-order valence-electron chi connectivity index (χ3n) is 1.13. The van der Waals surface area contributed by atoms with Gasteiger partial charge in [0, 0.05) is 0 Å². The van der Waals surface area contributed by atoms with Crippen LogP contribution < -0.4 is 174 Å². The van der Waals surface area contributed by atoms with E-state index < -0.39 is 7.94 Å². The average Bonchev–Trinajstić information content (AvgIpc) is 1.88. The summed E-state index contributed by atoms with van der Waals surface area (Å²) in [6, 6.07) is 7.28. The fourth-order valence-corrected chi connectivity index (χ4v) is 1.24. The van der Waals surface area contributed by atoms with E-state index in [2.05, 4.69) is 0 Å². The van der Waals surface area contributed by atoms with E-state index in [9.17, 15) is 14.7 Å². The van der Waals surface area contributed by atoms with Gasteiger partial charge in [-0.2, -0.15) is 0 Å². The van der Waals surface area contributed by atoms with Crippen LogP contribution in [0.3, 0.4) is 0 Å². The fourth-order valence-electron chi connectivity index (χ4n) is 0.642. The summed E-state index contributed by atoms with van der Waals surface area (Å²) in [5, 5.41) is -0.130.